The Kier molecular flexibility index (Phi) is 6.06. The topological polar surface area (TPSA) is 93.5 Å². The number of methoxy groups -OCH3 is 1. The molecule has 0 spiro atoms. The fourth-order valence-corrected chi connectivity index (χ4v) is 2.24. The molecule has 0 bridgehead atoms. The number of hydrogen-bond donors (Lipinski definition) is 3. The summed E-state index contributed by atoms with van der Waals surface area (Å²) in [6, 6.07) is 12.5. The normalized spacial score (nSPS) is 10.3. The van der Waals surface area contributed by atoms with E-state index < -0.39 is 0 Å². The van der Waals surface area contributed by atoms with Crippen molar-refractivity contribution < 1.29 is 14.3 Å². The van der Waals surface area contributed by atoms with E-state index in [0.717, 1.165) is 11.1 Å². The average molecular weight is 327 g/mol. The van der Waals surface area contributed by atoms with Gasteiger partial charge in [0.05, 0.1) is 0 Å². The molecule has 0 aliphatic rings. The number of hydrogen-bond acceptors (Lipinski definition) is 4. The number of benzene rings is 2. The Morgan fingerprint density at radius 2 is 1.92 bits per heavy atom. The van der Waals surface area contributed by atoms with Crippen LogP contribution in [-0.4, -0.2) is 25.5 Å². The second-order valence-corrected chi connectivity index (χ2v) is 5.37. The molecule has 0 atom stereocenters. The van der Waals surface area contributed by atoms with Gasteiger partial charge < -0.3 is 21.1 Å². The van der Waals surface area contributed by atoms with Gasteiger partial charge in [-0.3, -0.25) is 9.59 Å². The minimum Gasteiger partial charge on any atom is -0.375 e. The number of amides is 2. The van der Waals surface area contributed by atoms with Crippen molar-refractivity contribution >= 4 is 23.2 Å². The van der Waals surface area contributed by atoms with E-state index in [1.807, 2.05) is 13.0 Å². The zero-order chi connectivity index (χ0) is 17.5. The van der Waals surface area contributed by atoms with E-state index >= 15 is 0 Å². The molecule has 24 heavy (non-hydrogen) atoms. The first kappa shape index (κ1) is 17.7. The lowest BCUT2D eigenvalue weighted by Crippen LogP contribution is -2.18. The van der Waals surface area contributed by atoms with Crippen LogP contribution in [0.3, 0.4) is 0 Å². The SMILES string of the molecule is COCC(=O)Nc1ccc(NC(=O)c2cccc(CN)c2)cc1C. The Balaban J connectivity index is 2.08. The van der Waals surface area contributed by atoms with E-state index in [4.69, 9.17) is 10.5 Å². The summed E-state index contributed by atoms with van der Waals surface area (Å²) < 4.78 is 4.78. The van der Waals surface area contributed by atoms with Gasteiger partial charge in [-0.1, -0.05) is 12.1 Å². The third-order valence-electron chi connectivity index (χ3n) is 3.46. The van der Waals surface area contributed by atoms with E-state index in [2.05, 4.69) is 10.6 Å². The number of aryl methyl sites for hydroxylation is 1. The zero-order valence-electron chi connectivity index (χ0n) is 13.8. The molecular formula is C18H21N3O3. The van der Waals surface area contributed by atoms with Crippen molar-refractivity contribution in [2.45, 2.75) is 13.5 Å². The van der Waals surface area contributed by atoms with Crippen LogP contribution in [0.5, 0.6) is 0 Å². The van der Waals surface area contributed by atoms with Crippen molar-refractivity contribution in [1.82, 2.24) is 0 Å². The van der Waals surface area contributed by atoms with Crippen molar-refractivity contribution in [2.24, 2.45) is 5.73 Å². The van der Waals surface area contributed by atoms with Gasteiger partial charge in [-0.2, -0.15) is 0 Å². The highest BCUT2D eigenvalue weighted by Crippen LogP contribution is 2.20. The first-order valence-electron chi connectivity index (χ1n) is 7.53. The largest absolute Gasteiger partial charge is 0.375 e. The molecule has 2 rings (SSSR count). The molecule has 0 aromatic heterocycles. The summed E-state index contributed by atoms with van der Waals surface area (Å²) in [6.07, 6.45) is 0. The Labute approximate surface area is 141 Å². The second-order valence-electron chi connectivity index (χ2n) is 5.37. The molecule has 126 valence electrons. The van der Waals surface area contributed by atoms with Gasteiger partial charge in [0.25, 0.3) is 5.91 Å². The van der Waals surface area contributed by atoms with Crippen LogP contribution in [0.1, 0.15) is 21.5 Å². The lowest BCUT2D eigenvalue weighted by atomic mass is 10.1. The van der Waals surface area contributed by atoms with E-state index in [-0.39, 0.29) is 18.4 Å². The van der Waals surface area contributed by atoms with Crippen LogP contribution in [0.4, 0.5) is 11.4 Å². The summed E-state index contributed by atoms with van der Waals surface area (Å²) in [6.45, 7) is 2.23. The highest BCUT2D eigenvalue weighted by Gasteiger charge is 2.09. The summed E-state index contributed by atoms with van der Waals surface area (Å²) in [4.78, 5) is 23.9. The molecule has 0 fully saturated rings. The highest BCUT2D eigenvalue weighted by atomic mass is 16.5. The molecule has 0 saturated carbocycles. The lowest BCUT2D eigenvalue weighted by molar-refractivity contribution is -0.119. The Bertz CT molecular complexity index is 744. The number of carbonyl (C=O) groups is 2. The van der Waals surface area contributed by atoms with Crippen LogP contribution in [0.25, 0.3) is 0 Å². The van der Waals surface area contributed by atoms with Crippen molar-refractivity contribution in [2.75, 3.05) is 24.4 Å². The van der Waals surface area contributed by atoms with Crippen molar-refractivity contribution in [1.29, 1.82) is 0 Å². The van der Waals surface area contributed by atoms with Crippen LogP contribution < -0.4 is 16.4 Å². The lowest BCUT2D eigenvalue weighted by Gasteiger charge is -2.11. The van der Waals surface area contributed by atoms with Gasteiger partial charge in [-0.05, 0) is 48.4 Å². The predicted molar refractivity (Wildman–Crippen MR) is 94.0 cm³/mol. The third-order valence-corrected chi connectivity index (χ3v) is 3.46. The molecule has 2 aromatic rings. The summed E-state index contributed by atoms with van der Waals surface area (Å²) in [5, 5.41) is 5.59. The number of ether oxygens (including phenoxy) is 1. The second kappa shape index (κ2) is 8.24. The maximum Gasteiger partial charge on any atom is 0.255 e. The minimum atomic E-state index is -0.226. The Hall–Kier alpha value is -2.70. The summed E-state index contributed by atoms with van der Waals surface area (Å²) in [5.41, 5.74) is 9.22. The maximum atomic E-state index is 12.3. The fourth-order valence-electron chi connectivity index (χ4n) is 2.24. The van der Waals surface area contributed by atoms with Gasteiger partial charge in [0.15, 0.2) is 0 Å². The molecule has 0 aliphatic carbocycles. The number of rotatable bonds is 6. The molecule has 2 aromatic carbocycles. The first-order valence-corrected chi connectivity index (χ1v) is 7.53. The Morgan fingerprint density at radius 3 is 2.58 bits per heavy atom. The molecule has 0 aliphatic heterocycles. The monoisotopic (exact) mass is 327 g/mol. The summed E-state index contributed by atoms with van der Waals surface area (Å²) >= 11 is 0. The van der Waals surface area contributed by atoms with E-state index in [9.17, 15) is 9.59 Å². The van der Waals surface area contributed by atoms with E-state index in [1.54, 1.807) is 36.4 Å². The van der Waals surface area contributed by atoms with Crippen LogP contribution in [0, 0.1) is 6.92 Å². The summed E-state index contributed by atoms with van der Waals surface area (Å²) in [5.74, 6) is -0.433. The van der Waals surface area contributed by atoms with Crippen LogP contribution >= 0.6 is 0 Å². The van der Waals surface area contributed by atoms with Crippen molar-refractivity contribution in [3.05, 3.63) is 59.2 Å². The minimum absolute atomic E-state index is 0.00455. The molecule has 6 heteroatoms. The van der Waals surface area contributed by atoms with Crippen LogP contribution in [-0.2, 0) is 16.1 Å². The molecule has 0 heterocycles. The van der Waals surface area contributed by atoms with Crippen molar-refractivity contribution in [3.63, 3.8) is 0 Å². The predicted octanol–water partition coefficient (Wildman–Crippen LogP) is 2.29. The smallest absolute Gasteiger partial charge is 0.255 e. The molecule has 4 N–H and O–H groups in total. The number of nitrogens with two attached hydrogens (primary N) is 1. The van der Waals surface area contributed by atoms with Gasteiger partial charge in [0.1, 0.15) is 6.61 Å². The standard InChI is InChI=1S/C18H21N3O3/c1-12-8-15(6-7-16(12)21-17(22)11-24-2)20-18(23)14-5-3-4-13(9-14)10-19/h3-9H,10-11,19H2,1-2H3,(H,20,23)(H,21,22). The first-order chi connectivity index (χ1) is 11.5. The number of nitrogens with one attached hydrogen (secondary N) is 2. The highest BCUT2D eigenvalue weighted by molar-refractivity contribution is 6.04. The third kappa shape index (κ3) is 4.65. The fraction of sp³-hybridized carbons (Fsp3) is 0.222. The van der Waals surface area contributed by atoms with Gasteiger partial charge in [0, 0.05) is 30.6 Å². The number of carbonyl (C=O) groups excluding carboxylic acids is 2. The maximum absolute atomic E-state index is 12.3. The Morgan fingerprint density at radius 1 is 1.12 bits per heavy atom. The molecule has 0 saturated heterocycles. The van der Waals surface area contributed by atoms with Gasteiger partial charge >= 0.3 is 0 Å². The van der Waals surface area contributed by atoms with E-state index in [1.165, 1.54) is 7.11 Å². The quantitative estimate of drug-likeness (QED) is 0.759. The molecular weight excluding hydrogens is 306 g/mol. The van der Waals surface area contributed by atoms with Crippen LogP contribution in [0.15, 0.2) is 42.5 Å². The average Bonchev–Trinajstić information content (AvgIpc) is 2.57. The number of anilines is 2. The van der Waals surface area contributed by atoms with Crippen LogP contribution in [0.2, 0.25) is 0 Å². The molecule has 0 radical (unpaired) electrons. The molecule has 2 amide bonds. The summed E-state index contributed by atoms with van der Waals surface area (Å²) in [7, 11) is 1.46. The van der Waals surface area contributed by atoms with Crippen molar-refractivity contribution in [3.8, 4) is 0 Å². The zero-order valence-corrected chi connectivity index (χ0v) is 13.8. The van der Waals surface area contributed by atoms with Gasteiger partial charge in [-0.25, -0.2) is 0 Å². The molecule has 6 nitrogen and oxygen atoms in total. The van der Waals surface area contributed by atoms with Gasteiger partial charge in [-0.15, -0.1) is 0 Å². The van der Waals surface area contributed by atoms with E-state index in [0.29, 0.717) is 23.5 Å². The van der Waals surface area contributed by atoms with Gasteiger partial charge in [0.2, 0.25) is 5.91 Å². The molecule has 0 unspecified atom stereocenters.